The van der Waals surface area contributed by atoms with Gasteiger partial charge in [0.1, 0.15) is 17.2 Å². The Kier molecular flexibility index (Phi) is 12.0. The molecule has 0 aromatic heterocycles. The number of aryl methyl sites for hydroxylation is 1. The number of esters is 1. The molecule has 9 nitrogen and oxygen atoms in total. The largest absolute Gasteiger partial charge is 0.494 e. The number of carbonyl (C=O) groups excluding carboxylic acids is 2. The van der Waals surface area contributed by atoms with Crippen LogP contribution in [-0.4, -0.2) is 67.4 Å². The van der Waals surface area contributed by atoms with Crippen molar-refractivity contribution in [3.63, 3.8) is 0 Å². The Morgan fingerprint density at radius 3 is 2.14 bits per heavy atom. The fourth-order valence-electron chi connectivity index (χ4n) is 5.23. The Morgan fingerprint density at radius 1 is 0.841 bits per heavy atom. The topological polar surface area (TPSA) is 112 Å². The summed E-state index contributed by atoms with van der Waals surface area (Å²) in [7, 11) is 1.29. The summed E-state index contributed by atoms with van der Waals surface area (Å²) in [5.74, 6) is -0.0727. The van der Waals surface area contributed by atoms with E-state index < -0.39 is 17.9 Å². The fourth-order valence-corrected chi connectivity index (χ4v) is 5.23. The van der Waals surface area contributed by atoms with Crippen molar-refractivity contribution in [3.05, 3.63) is 89.5 Å². The van der Waals surface area contributed by atoms with Crippen LogP contribution in [0.15, 0.2) is 72.8 Å². The number of piperidine rings is 1. The summed E-state index contributed by atoms with van der Waals surface area (Å²) >= 11 is 0. The highest BCUT2D eigenvalue weighted by molar-refractivity contribution is 6.00. The van der Waals surface area contributed by atoms with Crippen molar-refractivity contribution in [2.45, 2.75) is 51.5 Å². The van der Waals surface area contributed by atoms with Crippen LogP contribution in [0.1, 0.15) is 65.3 Å². The van der Waals surface area contributed by atoms with E-state index in [1.807, 2.05) is 61.5 Å². The van der Waals surface area contributed by atoms with Gasteiger partial charge in [-0.2, -0.15) is 0 Å². The van der Waals surface area contributed by atoms with Gasteiger partial charge in [-0.1, -0.05) is 30.3 Å². The van der Waals surface area contributed by atoms with Crippen LogP contribution < -0.4 is 14.2 Å². The summed E-state index contributed by atoms with van der Waals surface area (Å²) in [6.45, 7) is 3.82. The number of aliphatic carboxylic acids is 1. The molecule has 2 atom stereocenters. The Balaban J connectivity index is 1.24. The molecule has 2 unspecified atom stereocenters. The zero-order chi connectivity index (χ0) is 31.3. The number of amides is 1. The predicted molar refractivity (Wildman–Crippen MR) is 166 cm³/mol. The lowest BCUT2D eigenvalue weighted by molar-refractivity contribution is -0.143. The first-order valence-electron chi connectivity index (χ1n) is 15.1. The number of nitrogens with zero attached hydrogens (tertiary/aromatic N) is 1. The van der Waals surface area contributed by atoms with Crippen LogP contribution in [0.4, 0.5) is 0 Å². The van der Waals surface area contributed by atoms with Crippen LogP contribution in [0.25, 0.3) is 0 Å². The predicted octanol–water partition coefficient (Wildman–Crippen LogP) is 6.05. The van der Waals surface area contributed by atoms with Crippen molar-refractivity contribution in [1.29, 1.82) is 0 Å². The molecule has 0 aliphatic carbocycles. The van der Waals surface area contributed by atoms with E-state index in [-0.39, 0.29) is 23.1 Å². The van der Waals surface area contributed by atoms with Crippen LogP contribution in [0.2, 0.25) is 0 Å². The van der Waals surface area contributed by atoms with Gasteiger partial charge >= 0.3 is 11.9 Å². The van der Waals surface area contributed by atoms with Crippen molar-refractivity contribution >= 4 is 17.8 Å². The normalized spacial score (nSPS) is 16.2. The Bertz CT molecular complexity index is 1380. The third-order valence-electron chi connectivity index (χ3n) is 7.73. The summed E-state index contributed by atoms with van der Waals surface area (Å²) in [6, 6.07) is 22.2. The minimum absolute atomic E-state index is 0.249. The molecule has 234 valence electrons. The van der Waals surface area contributed by atoms with Crippen molar-refractivity contribution in [2.24, 2.45) is 5.92 Å². The number of para-hydroxylation sites is 1. The number of rotatable bonds is 15. The highest BCUT2D eigenvalue weighted by Gasteiger charge is 2.34. The van der Waals surface area contributed by atoms with E-state index in [9.17, 15) is 19.5 Å². The minimum Gasteiger partial charge on any atom is -0.494 e. The number of hydrogen-bond donors (Lipinski definition) is 1. The van der Waals surface area contributed by atoms with Crippen LogP contribution in [0.5, 0.6) is 17.2 Å². The smallest absolute Gasteiger partial charge is 0.337 e. The monoisotopic (exact) mass is 603 g/mol. The van der Waals surface area contributed by atoms with Crippen molar-refractivity contribution in [2.75, 3.05) is 33.5 Å². The van der Waals surface area contributed by atoms with E-state index >= 15 is 0 Å². The van der Waals surface area contributed by atoms with Gasteiger partial charge in [0.2, 0.25) is 0 Å². The molecule has 1 aliphatic rings. The minimum atomic E-state index is -0.844. The van der Waals surface area contributed by atoms with Gasteiger partial charge < -0.3 is 29.0 Å². The van der Waals surface area contributed by atoms with Crippen LogP contribution >= 0.6 is 0 Å². The molecule has 1 aliphatic heterocycles. The van der Waals surface area contributed by atoms with E-state index in [0.29, 0.717) is 51.4 Å². The number of likely N-dealkylation sites (tertiary alicyclic amines) is 1. The van der Waals surface area contributed by atoms with E-state index in [1.54, 1.807) is 17.0 Å². The Labute approximate surface area is 258 Å². The summed E-state index contributed by atoms with van der Waals surface area (Å²) in [5, 5.41) is 9.39. The molecule has 1 heterocycles. The van der Waals surface area contributed by atoms with Gasteiger partial charge in [-0.25, -0.2) is 4.79 Å². The highest BCUT2D eigenvalue weighted by atomic mass is 16.5. The lowest BCUT2D eigenvalue weighted by Gasteiger charge is -2.36. The number of carboxylic acids is 1. The van der Waals surface area contributed by atoms with Gasteiger partial charge in [0, 0.05) is 12.6 Å². The maximum absolute atomic E-state index is 13.6. The standard InChI is InChI=1S/C35H41NO8/c1-25-23-27(34(38)39)18-19-36(25)33(37)31-24-28(35(40)41-2)14-17-32(31)44-22-8-9-26-12-15-30(16-13-26)43-21-7-6-20-42-29-10-4-3-5-11-29/h3-5,10-17,24-25,27H,6-9,18-23H2,1-2H3,(H,38,39). The number of unbranched alkanes of at least 4 members (excludes halogenated alkanes) is 1. The second-order valence-electron chi connectivity index (χ2n) is 10.9. The third kappa shape index (κ3) is 9.23. The maximum atomic E-state index is 13.6. The fraction of sp³-hybridized carbons (Fsp3) is 0.400. The molecule has 3 aromatic rings. The SMILES string of the molecule is COC(=O)c1ccc(OCCCc2ccc(OCCCCOc3ccccc3)cc2)c(C(=O)N2CCC(C(=O)O)CC2C)c1. The number of ether oxygens (including phenoxy) is 4. The Hall–Kier alpha value is -4.53. The second kappa shape index (κ2) is 16.4. The summed E-state index contributed by atoms with van der Waals surface area (Å²) in [4.78, 5) is 38.9. The molecule has 1 amide bonds. The average Bonchev–Trinajstić information content (AvgIpc) is 3.05. The van der Waals surface area contributed by atoms with Gasteiger partial charge in [-0.15, -0.1) is 0 Å². The molecule has 1 N–H and O–H groups in total. The molecule has 0 radical (unpaired) electrons. The zero-order valence-corrected chi connectivity index (χ0v) is 25.4. The van der Waals surface area contributed by atoms with Crippen molar-refractivity contribution in [3.8, 4) is 17.2 Å². The lowest BCUT2D eigenvalue weighted by Crippen LogP contribution is -2.46. The van der Waals surface area contributed by atoms with E-state index in [1.165, 1.54) is 13.2 Å². The molecule has 1 saturated heterocycles. The molecular weight excluding hydrogens is 562 g/mol. The van der Waals surface area contributed by atoms with Crippen LogP contribution in [0, 0.1) is 5.92 Å². The first kappa shape index (κ1) is 32.4. The Morgan fingerprint density at radius 2 is 1.50 bits per heavy atom. The van der Waals surface area contributed by atoms with Crippen molar-refractivity contribution in [1.82, 2.24) is 4.90 Å². The molecule has 0 bridgehead atoms. The average molecular weight is 604 g/mol. The molecule has 0 spiro atoms. The quantitative estimate of drug-likeness (QED) is 0.165. The summed E-state index contributed by atoms with van der Waals surface area (Å²) in [5.41, 5.74) is 1.66. The molecule has 3 aromatic carbocycles. The number of methoxy groups -OCH3 is 1. The summed E-state index contributed by atoms with van der Waals surface area (Å²) < 4.78 is 22.5. The van der Waals surface area contributed by atoms with Gasteiger partial charge in [0.15, 0.2) is 0 Å². The third-order valence-corrected chi connectivity index (χ3v) is 7.73. The van der Waals surface area contributed by atoms with E-state index in [0.717, 1.165) is 36.3 Å². The number of carboxylic acid groups (broad SMARTS) is 1. The molecule has 0 saturated carbocycles. The number of carbonyl (C=O) groups is 3. The lowest BCUT2D eigenvalue weighted by atomic mass is 9.91. The second-order valence-corrected chi connectivity index (χ2v) is 10.9. The molecular formula is C35H41NO8. The molecule has 9 heteroatoms. The van der Waals surface area contributed by atoms with Gasteiger partial charge in [-0.05, 0) is 93.5 Å². The maximum Gasteiger partial charge on any atom is 0.337 e. The van der Waals surface area contributed by atoms with Gasteiger partial charge in [0.25, 0.3) is 5.91 Å². The van der Waals surface area contributed by atoms with Crippen molar-refractivity contribution < 1.29 is 38.4 Å². The zero-order valence-electron chi connectivity index (χ0n) is 25.4. The molecule has 1 fully saturated rings. The number of benzene rings is 3. The molecule has 4 rings (SSSR count). The first-order chi connectivity index (χ1) is 21.4. The highest BCUT2D eigenvalue weighted by Crippen LogP contribution is 2.29. The van der Waals surface area contributed by atoms with E-state index in [4.69, 9.17) is 18.9 Å². The van der Waals surface area contributed by atoms with Gasteiger partial charge in [0.05, 0.1) is 44.0 Å². The first-order valence-corrected chi connectivity index (χ1v) is 15.1. The van der Waals surface area contributed by atoms with Crippen LogP contribution in [-0.2, 0) is 16.0 Å². The van der Waals surface area contributed by atoms with Crippen LogP contribution in [0.3, 0.4) is 0 Å². The molecule has 44 heavy (non-hydrogen) atoms. The summed E-state index contributed by atoms with van der Waals surface area (Å²) in [6.07, 6.45) is 4.06. The number of hydrogen-bond acceptors (Lipinski definition) is 7. The van der Waals surface area contributed by atoms with E-state index in [2.05, 4.69) is 0 Å². The van der Waals surface area contributed by atoms with Gasteiger partial charge in [-0.3, -0.25) is 9.59 Å².